The van der Waals surface area contributed by atoms with E-state index in [1.165, 1.54) is 19.3 Å². The first-order valence-electron chi connectivity index (χ1n) is 8.65. The number of hydrogen-bond donors (Lipinski definition) is 1. The first-order valence-corrected chi connectivity index (χ1v) is 9.02. The number of nitrogens with one attached hydrogen (secondary N) is 1. The summed E-state index contributed by atoms with van der Waals surface area (Å²) in [5, 5.41) is 5.06. The second-order valence-corrected chi connectivity index (χ2v) is 8.28. The Kier molecular flexibility index (Phi) is 3.72. The van der Waals surface area contributed by atoms with E-state index in [9.17, 15) is 4.79 Å². The fraction of sp³-hybridized carbons (Fsp3) is 0.579. The zero-order chi connectivity index (χ0) is 16.0. The van der Waals surface area contributed by atoms with Crippen molar-refractivity contribution in [2.45, 2.75) is 45.4 Å². The molecule has 122 valence electrons. The molecule has 4 aliphatic carbocycles. The van der Waals surface area contributed by atoms with Crippen LogP contribution in [-0.2, 0) is 4.79 Å². The highest BCUT2D eigenvalue weighted by atomic mass is 35.5. The van der Waals surface area contributed by atoms with E-state index in [1.54, 1.807) is 0 Å². The third-order valence-electron chi connectivity index (χ3n) is 6.11. The van der Waals surface area contributed by atoms with Gasteiger partial charge in [-0.15, -0.1) is 0 Å². The molecule has 0 aromatic heterocycles. The minimum atomic E-state index is -0.140. The van der Waals surface area contributed by atoms with Crippen LogP contribution in [0.1, 0.15) is 51.0 Å². The van der Waals surface area contributed by atoms with Crippen LogP contribution in [0.3, 0.4) is 0 Å². The summed E-state index contributed by atoms with van der Waals surface area (Å²) in [5.74, 6) is 2.46. The van der Waals surface area contributed by atoms with Crippen LogP contribution in [0.15, 0.2) is 29.4 Å². The summed E-state index contributed by atoms with van der Waals surface area (Å²) in [6.45, 7) is 1.92. The van der Waals surface area contributed by atoms with Gasteiger partial charge in [0.1, 0.15) is 0 Å². The standard InChI is InChI=1S/C19H23ClN2O/c1-12(16-2-4-17(20)5-3-16)21-22-18(23)19-9-13-6-14(10-19)8-15(7-13)11-19/h2-5,13-15H,6-11H2,1H3,(H,22,23)/b21-12-. The highest BCUT2D eigenvalue weighted by Gasteiger charge is 2.54. The number of hydrazone groups is 1. The predicted octanol–water partition coefficient (Wildman–Crippen LogP) is 4.40. The van der Waals surface area contributed by atoms with Crippen molar-refractivity contribution in [3.05, 3.63) is 34.9 Å². The van der Waals surface area contributed by atoms with Crippen LogP contribution >= 0.6 is 11.6 Å². The summed E-state index contributed by atoms with van der Waals surface area (Å²) in [5.41, 5.74) is 4.53. The van der Waals surface area contributed by atoms with Crippen LogP contribution in [0.25, 0.3) is 0 Å². The Hall–Kier alpha value is -1.35. The van der Waals surface area contributed by atoms with Gasteiger partial charge in [0.2, 0.25) is 5.91 Å². The lowest BCUT2D eigenvalue weighted by molar-refractivity contribution is -0.146. The summed E-state index contributed by atoms with van der Waals surface area (Å²) < 4.78 is 0. The highest BCUT2D eigenvalue weighted by molar-refractivity contribution is 6.30. The number of carbonyl (C=O) groups is 1. The molecular formula is C19H23ClN2O. The molecule has 4 aliphatic rings. The van der Waals surface area contributed by atoms with Gasteiger partial charge in [0, 0.05) is 5.02 Å². The molecule has 0 spiro atoms. The largest absolute Gasteiger partial charge is 0.273 e. The number of amides is 1. The maximum Gasteiger partial charge on any atom is 0.246 e. The van der Waals surface area contributed by atoms with Gasteiger partial charge in [-0.1, -0.05) is 23.7 Å². The number of halogens is 1. The van der Waals surface area contributed by atoms with Crippen LogP contribution in [0, 0.1) is 23.2 Å². The van der Waals surface area contributed by atoms with Crippen molar-refractivity contribution in [3.63, 3.8) is 0 Å². The van der Waals surface area contributed by atoms with Gasteiger partial charge in [-0.2, -0.15) is 5.10 Å². The fourth-order valence-electron chi connectivity index (χ4n) is 5.40. The molecule has 0 aliphatic heterocycles. The molecule has 4 saturated carbocycles. The van der Waals surface area contributed by atoms with E-state index >= 15 is 0 Å². The van der Waals surface area contributed by atoms with Crippen molar-refractivity contribution < 1.29 is 4.79 Å². The van der Waals surface area contributed by atoms with E-state index in [1.807, 2.05) is 31.2 Å². The van der Waals surface area contributed by atoms with Gasteiger partial charge in [-0.3, -0.25) is 4.79 Å². The zero-order valence-corrected chi connectivity index (χ0v) is 14.3. The average molecular weight is 331 g/mol. The number of carbonyl (C=O) groups excluding carboxylic acids is 1. The molecule has 5 rings (SSSR count). The quantitative estimate of drug-likeness (QED) is 0.648. The van der Waals surface area contributed by atoms with Crippen molar-refractivity contribution in [3.8, 4) is 0 Å². The minimum Gasteiger partial charge on any atom is -0.273 e. The Morgan fingerprint density at radius 1 is 1.09 bits per heavy atom. The maximum absolute atomic E-state index is 12.8. The lowest BCUT2D eigenvalue weighted by Crippen LogP contribution is -2.52. The van der Waals surface area contributed by atoms with Gasteiger partial charge in [0.15, 0.2) is 0 Å². The van der Waals surface area contributed by atoms with Crippen LogP contribution < -0.4 is 5.43 Å². The molecule has 1 aromatic carbocycles. The third kappa shape index (κ3) is 2.80. The van der Waals surface area contributed by atoms with Gasteiger partial charge in [0.25, 0.3) is 0 Å². The molecule has 4 fully saturated rings. The molecule has 0 unspecified atom stereocenters. The Morgan fingerprint density at radius 3 is 2.13 bits per heavy atom. The van der Waals surface area contributed by atoms with E-state index in [0.29, 0.717) is 5.02 Å². The monoisotopic (exact) mass is 330 g/mol. The van der Waals surface area contributed by atoms with Crippen LogP contribution in [-0.4, -0.2) is 11.6 Å². The second-order valence-electron chi connectivity index (χ2n) is 7.84. The third-order valence-corrected chi connectivity index (χ3v) is 6.36. The van der Waals surface area contributed by atoms with Gasteiger partial charge in [-0.05, 0) is 80.9 Å². The average Bonchev–Trinajstić information content (AvgIpc) is 2.51. The second kappa shape index (κ2) is 5.62. The van der Waals surface area contributed by atoms with Crippen molar-refractivity contribution in [2.24, 2.45) is 28.3 Å². The Morgan fingerprint density at radius 2 is 1.61 bits per heavy atom. The molecular weight excluding hydrogens is 308 g/mol. The molecule has 0 atom stereocenters. The number of rotatable bonds is 3. The molecule has 23 heavy (non-hydrogen) atoms. The smallest absolute Gasteiger partial charge is 0.246 e. The molecule has 1 aromatic rings. The van der Waals surface area contributed by atoms with Gasteiger partial charge in [-0.25, -0.2) is 5.43 Å². The molecule has 0 heterocycles. The van der Waals surface area contributed by atoms with Crippen molar-refractivity contribution in [2.75, 3.05) is 0 Å². The number of benzene rings is 1. The van der Waals surface area contributed by atoms with E-state index < -0.39 is 0 Å². The fourth-order valence-corrected chi connectivity index (χ4v) is 5.52. The minimum absolute atomic E-state index is 0.140. The summed E-state index contributed by atoms with van der Waals surface area (Å²) >= 11 is 5.91. The first-order chi connectivity index (χ1) is 11.0. The lowest BCUT2D eigenvalue weighted by Gasteiger charge is -2.55. The van der Waals surface area contributed by atoms with Gasteiger partial charge in [0.05, 0.1) is 11.1 Å². The molecule has 3 nitrogen and oxygen atoms in total. The highest BCUT2D eigenvalue weighted by Crippen LogP contribution is 2.60. The summed E-state index contributed by atoms with van der Waals surface area (Å²) in [4.78, 5) is 12.8. The van der Waals surface area contributed by atoms with E-state index in [0.717, 1.165) is 48.3 Å². The van der Waals surface area contributed by atoms with Crippen LogP contribution in [0.4, 0.5) is 0 Å². The van der Waals surface area contributed by atoms with E-state index in [4.69, 9.17) is 11.6 Å². The van der Waals surface area contributed by atoms with Crippen molar-refractivity contribution in [1.29, 1.82) is 0 Å². The number of hydrogen-bond acceptors (Lipinski definition) is 2. The first kappa shape index (κ1) is 15.2. The van der Waals surface area contributed by atoms with Gasteiger partial charge >= 0.3 is 0 Å². The van der Waals surface area contributed by atoms with E-state index in [2.05, 4.69) is 10.5 Å². The van der Waals surface area contributed by atoms with Crippen molar-refractivity contribution in [1.82, 2.24) is 5.43 Å². The van der Waals surface area contributed by atoms with Crippen LogP contribution in [0.2, 0.25) is 5.02 Å². The topological polar surface area (TPSA) is 41.5 Å². The predicted molar refractivity (Wildman–Crippen MR) is 92.4 cm³/mol. The SMILES string of the molecule is C/C(=N/NC(=O)C12CC3CC(CC(C3)C1)C2)c1ccc(Cl)cc1. The Labute approximate surface area is 142 Å². The zero-order valence-electron chi connectivity index (χ0n) is 13.5. The molecule has 1 N–H and O–H groups in total. The van der Waals surface area contributed by atoms with Crippen molar-refractivity contribution >= 4 is 23.2 Å². The van der Waals surface area contributed by atoms with Crippen LogP contribution in [0.5, 0.6) is 0 Å². The number of nitrogens with zero attached hydrogens (tertiary/aromatic N) is 1. The molecule has 4 heteroatoms. The molecule has 0 radical (unpaired) electrons. The van der Waals surface area contributed by atoms with E-state index in [-0.39, 0.29) is 11.3 Å². The Bertz CT molecular complexity index is 615. The Balaban J connectivity index is 1.47. The summed E-state index contributed by atoms with van der Waals surface area (Å²) in [7, 11) is 0. The molecule has 4 bridgehead atoms. The maximum atomic E-state index is 12.8. The summed E-state index contributed by atoms with van der Waals surface area (Å²) in [6, 6.07) is 7.55. The normalized spacial score (nSPS) is 35.4. The molecule has 1 amide bonds. The summed E-state index contributed by atoms with van der Waals surface area (Å²) in [6.07, 6.45) is 7.25. The van der Waals surface area contributed by atoms with Gasteiger partial charge < -0.3 is 0 Å². The molecule has 0 saturated heterocycles. The lowest BCUT2D eigenvalue weighted by atomic mass is 9.49.